The predicted octanol–water partition coefficient (Wildman–Crippen LogP) is 4.85. The molecule has 1 aliphatic carbocycles. The van der Waals surface area contributed by atoms with Crippen LogP contribution in [0.3, 0.4) is 0 Å². The summed E-state index contributed by atoms with van der Waals surface area (Å²) >= 11 is 0. The predicted molar refractivity (Wildman–Crippen MR) is 95.1 cm³/mol. The van der Waals surface area contributed by atoms with Crippen molar-refractivity contribution in [2.24, 2.45) is 0 Å². The topological polar surface area (TPSA) is 38.8 Å². The second kappa shape index (κ2) is 8.44. The molecule has 0 atom stereocenters. The van der Waals surface area contributed by atoms with Gasteiger partial charge in [0.25, 0.3) is 0 Å². The largest absolute Gasteiger partial charge is 0.491 e. The average Bonchev–Trinajstić information content (AvgIpc) is 2.68. The number of halogens is 3. The maximum absolute atomic E-state index is 12.6. The molecule has 0 amide bonds. The highest BCUT2D eigenvalue weighted by atomic mass is 19.4. The fourth-order valence-electron chi connectivity index (χ4n) is 3.75. The summed E-state index contributed by atoms with van der Waals surface area (Å²) in [6.45, 7) is 1.62. The van der Waals surface area contributed by atoms with E-state index in [1.54, 1.807) is 13.2 Å². The first-order valence-electron chi connectivity index (χ1n) is 9.30. The first kappa shape index (κ1) is 19.9. The van der Waals surface area contributed by atoms with Gasteiger partial charge in [-0.15, -0.1) is 0 Å². The van der Waals surface area contributed by atoms with Crippen LogP contribution in [0.15, 0.2) is 24.3 Å². The minimum atomic E-state index is -5.01. The molecular formula is C20H24F3NO3. The van der Waals surface area contributed by atoms with Crippen LogP contribution in [0.5, 0.6) is 5.75 Å². The molecule has 0 radical (unpaired) electrons. The van der Waals surface area contributed by atoms with Gasteiger partial charge >= 0.3 is 12.1 Å². The lowest BCUT2D eigenvalue weighted by Crippen LogP contribution is -2.32. The van der Waals surface area contributed by atoms with E-state index in [1.165, 1.54) is 6.07 Å². The molecule has 0 spiro atoms. The number of carbonyl (C=O) groups is 1. The Hall–Kier alpha value is -1.86. The third kappa shape index (κ3) is 4.90. The SMILES string of the molecule is CON1CCC(c2ccc(OC(=O)C(F)(F)F)c(C3=CCCCC3)c2)CC1. The van der Waals surface area contributed by atoms with Crippen molar-refractivity contribution in [3.05, 3.63) is 35.4 Å². The Morgan fingerprint density at radius 2 is 1.93 bits per heavy atom. The van der Waals surface area contributed by atoms with Crippen molar-refractivity contribution in [3.8, 4) is 5.75 Å². The summed E-state index contributed by atoms with van der Waals surface area (Å²) in [5.41, 5.74) is 2.64. The molecule has 0 N–H and O–H groups in total. The van der Waals surface area contributed by atoms with E-state index in [9.17, 15) is 18.0 Å². The zero-order chi connectivity index (χ0) is 19.4. The smallest absolute Gasteiger partial charge is 0.419 e. The maximum Gasteiger partial charge on any atom is 0.491 e. The Morgan fingerprint density at radius 3 is 2.52 bits per heavy atom. The summed E-state index contributed by atoms with van der Waals surface area (Å²) in [6, 6.07) is 5.19. The molecule has 27 heavy (non-hydrogen) atoms. The van der Waals surface area contributed by atoms with Gasteiger partial charge in [0.1, 0.15) is 5.75 Å². The molecule has 148 valence electrons. The van der Waals surface area contributed by atoms with Gasteiger partial charge in [0, 0.05) is 18.7 Å². The molecular weight excluding hydrogens is 359 g/mol. The molecule has 1 fully saturated rings. The van der Waals surface area contributed by atoms with Crippen molar-refractivity contribution in [1.82, 2.24) is 5.06 Å². The second-order valence-corrected chi connectivity index (χ2v) is 7.00. The summed E-state index contributed by atoms with van der Waals surface area (Å²) in [5, 5.41) is 1.90. The molecule has 1 aromatic rings. The number of hydroxylamine groups is 2. The van der Waals surface area contributed by atoms with Crippen LogP contribution in [-0.2, 0) is 9.63 Å². The van der Waals surface area contributed by atoms with Gasteiger partial charge in [-0.2, -0.15) is 18.2 Å². The Kier molecular flexibility index (Phi) is 6.22. The van der Waals surface area contributed by atoms with Gasteiger partial charge in [0.05, 0.1) is 7.11 Å². The van der Waals surface area contributed by atoms with E-state index in [0.29, 0.717) is 11.5 Å². The maximum atomic E-state index is 12.6. The number of rotatable bonds is 4. The molecule has 3 rings (SSSR count). The summed E-state index contributed by atoms with van der Waals surface area (Å²) in [4.78, 5) is 16.6. The zero-order valence-electron chi connectivity index (χ0n) is 15.3. The van der Waals surface area contributed by atoms with E-state index in [4.69, 9.17) is 9.57 Å². The number of esters is 1. The molecule has 1 heterocycles. The molecule has 0 saturated carbocycles. The lowest BCUT2D eigenvalue weighted by Gasteiger charge is -2.30. The fourth-order valence-corrected chi connectivity index (χ4v) is 3.75. The number of benzene rings is 1. The molecule has 0 aromatic heterocycles. The van der Waals surface area contributed by atoms with Gasteiger partial charge in [-0.3, -0.25) is 0 Å². The average molecular weight is 383 g/mol. The normalized spacial score (nSPS) is 19.6. The quantitative estimate of drug-likeness (QED) is 0.550. The Bertz CT molecular complexity index is 707. The Morgan fingerprint density at radius 1 is 1.19 bits per heavy atom. The number of nitrogens with zero attached hydrogens (tertiary/aromatic N) is 1. The van der Waals surface area contributed by atoms with Crippen molar-refractivity contribution in [3.63, 3.8) is 0 Å². The van der Waals surface area contributed by atoms with Crippen LogP contribution in [0.4, 0.5) is 13.2 Å². The number of allylic oxidation sites excluding steroid dienone is 2. The minimum Gasteiger partial charge on any atom is -0.419 e. The lowest BCUT2D eigenvalue weighted by atomic mass is 9.86. The van der Waals surface area contributed by atoms with E-state index in [1.807, 2.05) is 17.2 Å². The number of hydrogen-bond acceptors (Lipinski definition) is 4. The summed E-state index contributed by atoms with van der Waals surface area (Å²) in [6.07, 6.45) is 2.57. The minimum absolute atomic E-state index is 0.0106. The van der Waals surface area contributed by atoms with Crippen molar-refractivity contribution < 1.29 is 27.5 Å². The Labute approximate surface area is 156 Å². The second-order valence-electron chi connectivity index (χ2n) is 7.00. The molecule has 1 aliphatic heterocycles. The van der Waals surface area contributed by atoms with Gasteiger partial charge in [0.15, 0.2) is 0 Å². The molecule has 2 aliphatic rings. The summed E-state index contributed by atoms with van der Waals surface area (Å²) < 4.78 is 42.6. The number of carbonyl (C=O) groups excluding carboxylic acids is 1. The molecule has 1 aromatic carbocycles. The first-order chi connectivity index (χ1) is 12.9. The van der Waals surface area contributed by atoms with E-state index < -0.39 is 12.1 Å². The standard InChI is InChI=1S/C20H24F3NO3/c1-26-24-11-9-14(10-12-24)16-7-8-18(27-19(25)20(21,22)23)17(13-16)15-5-3-2-4-6-15/h5,7-8,13-14H,2-4,6,9-12H2,1H3. The van der Waals surface area contributed by atoms with Crippen LogP contribution in [0.25, 0.3) is 5.57 Å². The monoisotopic (exact) mass is 383 g/mol. The van der Waals surface area contributed by atoms with Crippen molar-refractivity contribution in [2.45, 2.75) is 50.6 Å². The Balaban J connectivity index is 1.88. The zero-order valence-corrected chi connectivity index (χ0v) is 15.3. The highest BCUT2D eigenvalue weighted by Crippen LogP contribution is 2.38. The highest BCUT2D eigenvalue weighted by Gasteiger charge is 2.41. The van der Waals surface area contributed by atoms with Gasteiger partial charge in [-0.05, 0) is 67.7 Å². The van der Waals surface area contributed by atoms with Crippen LogP contribution >= 0.6 is 0 Å². The van der Waals surface area contributed by atoms with Crippen molar-refractivity contribution in [1.29, 1.82) is 0 Å². The van der Waals surface area contributed by atoms with Crippen LogP contribution in [0.2, 0.25) is 0 Å². The van der Waals surface area contributed by atoms with Crippen molar-refractivity contribution in [2.75, 3.05) is 20.2 Å². The van der Waals surface area contributed by atoms with Gasteiger partial charge in [-0.1, -0.05) is 12.1 Å². The third-order valence-corrected chi connectivity index (χ3v) is 5.26. The van der Waals surface area contributed by atoms with Crippen LogP contribution in [0.1, 0.15) is 55.6 Å². The van der Waals surface area contributed by atoms with Gasteiger partial charge < -0.3 is 9.57 Å². The molecule has 4 nitrogen and oxygen atoms in total. The van der Waals surface area contributed by atoms with E-state index in [-0.39, 0.29) is 5.75 Å². The molecule has 1 saturated heterocycles. The number of hydrogen-bond donors (Lipinski definition) is 0. The summed E-state index contributed by atoms with van der Waals surface area (Å²) in [7, 11) is 1.65. The number of piperidine rings is 1. The fraction of sp³-hybridized carbons (Fsp3) is 0.550. The van der Waals surface area contributed by atoms with Crippen LogP contribution in [0, 0.1) is 0 Å². The van der Waals surface area contributed by atoms with E-state index in [2.05, 4.69) is 0 Å². The number of alkyl halides is 3. The lowest BCUT2D eigenvalue weighted by molar-refractivity contribution is -0.189. The van der Waals surface area contributed by atoms with Gasteiger partial charge in [0.2, 0.25) is 0 Å². The van der Waals surface area contributed by atoms with Crippen LogP contribution in [-0.4, -0.2) is 37.4 Å². The molecule has 0 unspecified atom stereocenters. The summed E-state index contributed by atoms with van der Waals surface area (Å²) in [5.74, 6) is -1.88. The highest BCUT2D eigenvalue weighted by molar-refractivity contribution is 5.81. The van der Waals surface area contributed by atoms with Crippen molar-refractivity contribution >= 4 is 11.5 Å². The van der Waals surface area contributed by atoms with Crippen LogP contribution < -0.4 is 4.74 Å². The van der Waals surface area contributed by atoms with Gasteiger partial charge in [-0.25, -0.2) is 4.79 Å². The molecule has 0 bridgehead atoms. The first-order valence-corrected chi connectivity index (χ1v) is 9.30. The van der Waals surface area contributed by atoms with E-state index in [0.717, 1.165) is 62.8 Å². The van der Waals surface area contributed by atoms with E-state index >= 15 is 0 Å². The third-order valence-electron chi connectivity index (χ3n) is 5.26. The molecule has 7 heteroatoms. The number of ether oxygens (including phenoxy) is 1.